The van der Waals surface area contributed by atoms with E-state index in [4.69, 9.17) is 0 Å². The van der Waals surface area contributed by atoms with E-state index in [2.05, 4.69) is 155 Å². The Morgan fingerprint density at radius 3 is 1.17 bits per heavy atom. The molecule has 0 spiro atoms. The van der Waals surface area contributed by atoms with Gasteiger partial charge in [-0.25, -0.2) is 0 Å². The summed E-state index contributed by atoms with van der Waals surface area (Å²) in [6.07, 6.45) is 7.89. The molecule has 0 fully saturated rings. The maximum Gasteiger partial charge on any atom is 0.0998 e. The van der Waals surface area contributed by atoms with Gasteiger partial charge in [-0.05, 0) is 95.1 Å². The number of hydrogen-bond donors (Lipinski definition) is 0. The lowest BCUT2D eigenvalue weighted by Crippen LogP contribution is -1.92. The van der Waals surface area contributed by atoms with Gasteiger partial charge in [0.1, 0.15) is 0 Å². The molecule has 0 unspecified atom stereocenters. The van der Waals surface area contributed by atoms with Crippen LogP contribution in [0.5, 0.6) is 0 Å². The third-order valence-electron chi connectivity index (χ3n) is 9.80. The van der Waals surface area contributed by atoms with E-state index >= 15 is 0 Å². The summed E-state index contributed by atoms with van der Waals surface area (Å²) in [6.45, 7) is 0. The summed E-state index contributed by atoms with van der Waals surface area (Å²) in [5.74, 6) is 0. The largest absolute Gasteiger partial charge is 0.309 e. The molecule has 0 atom stereocenters. The van der Waals surface area contributed by atoms with Crippen molar-refractivity contribution in [3.8, 4) is 23.5 Å². The normalized spacial score (nSPS) is 11.7. The average Bonchev–Trinajstić information content (AvgIpc) is 3.72. The maximum atomic E-state index is 10.2. The summed E-state index contributed by atoms with van der Waals surface area (Å²) < 4.78 is 4.58. The van der Waals surface area contributed by atoms with Crippen molar-refractivity contribution in [3.05, 3.63) is 191 Å². The van der Waals surface area contributed by atoms with Gasteiger partial charge in [0.15, 0.2) is 0 Å². The fourth-order valence-electron chi connectivity index (χ4n) is 7.37. The maximum absolute atomic E-state index is 10.2. The van der Waals surface area contributed by atoms with E-state index in [1.807, 2.05) is 48.6 Å². The predicted octanol–water partition coefficient (Wildman–Crippen LogP) is 12.0. The van der Waals surface area contributed by atoms with Gasteiger partial charge in [0.05, 0.1) is 45.3 Å². The summed E-state index contributed by atoms with van der Waals surface area (Å²) in [4.78, 5) is 0. The molecule has 52 heavy (non-hydrogen) atoms. The Bertz CT molecular complexity index is 2760. The van der Waals surface area contributed by atoms with Crippen molar-refractivity contribution in [1.29, 1.82) is 10.5 Å². The molecule has 4 nitrogen and oxygen atoms in total. The number of fused-ring (bicyclic) bond motifs is 6. The molecular weight excluding hydrogens is 633 g/mol. The predicted molar refractivity (Wildman–Crippen MR) is 215 cm³/mol. The standard InChI is InChI=1S/C48H30N4/c49-31-37-30-36(24-20-34-22-26-48-44(28-34)42-16-8-10-18-46(42)52(48)40-13-5-2-6-14-40)38(32-50)29-35(37)23-19-33-21-25-47-43(27-33)41-15-7-9-17-45(41)51(47)39-11-3-1-4-12-39/h1-30H/b23-19+,24-20+. The van der Waals surface area contributed by atoms with Gasteiger partial charge in [-0.2, -0.15) is 10.5 Å². The highest BCUT2D eigenvalue weighted by atomic mass is 15.0. The van der Waals surface area contributed by atoms with Crippen molar-refractivity contribution in [2.24, 2.45) is 0 Å². The van der Waals surface area contributed by atoms with Gasteiger partial charge in [-0.1, -0.05) is 109 Å². The van der Waals surface area contributed by atoms with E-state index in [9.17, 15) is 10.5 Å². The van der Waals surface area contributed by atoms with Crippen LogP contribution in [0.1, 0.15) is 33.4 Å². The number of para-hydroxylation sites is 4. The van der Waals surface area contributed by atoms with Gasteiger partial charge in [0.25, 0.3) is 0 Å². The first-order chi connectivity index (χ1) is 25.7. The minimum atomic E-state index is 0.512. The molecule has 2 aromatic heterocycles. The number of rotatable bonds is 6. The second kappa shape index (κ2) is 12.8. The van der Waals surface area contributed by atoms with Crippen LogP contribution in [0.2, 0.25) is 0 Å². The van der Waals surface area contributed by atoms with Crippen LogP contribution in [-0.2, 0) is 0 Å². The molecule has 0 aliphatic rings. The smallest absolute Gasteiger partial charge is 0.0998 e. The highest BCUT2D eigenvalue weighted by Crippen LogP contribution is 2.35. The van der Waals surface area contributed by atoms with E-state index in [1.165, 1.54) is 10.8 Å². The molecule has 9 aromatic rings. The topological polar surface area (TPSA) is 57.4 Å². The monoisotopic (exact) mass is 662 g/mol. The summed E-state index contributed by atoms with van der Waals surface area (Å²) in [5.41, 5.74) is 11.3. The molecule has 0 saturated heterocycles. The van der Waals surface area contributed by atoms with Crippen molar-refractivity contribution in [1.82, 2.24) is 9.13 Å². The summed E-state index contributed by atoms with van der Waals surface area (Å²) >= 11 is 0. The Balaban J connectivity index is 1.05. The van der Waals surface area contributed by atoms with Gasteiger partial charge in [0, 0.05) is 32.9 Å². The Hall–Kier alpha value is -7.40. The number of aromatic nitrogens is 2. The molecule has 0 radical (unpaired) electrons. The third-order valence-corrected chi connectivity index (χ3v) is 9.80. The summed E-state index contributed by atoms with van der Waals surface area (Å²) in [7, 11) is 0. The Labute approximate surface area is 301 Å². The molecule has 0 N–H and O–H groups in total. The molecular formula is C48H30N4. The number of nitrogens with zero attached hydrogens (tertiary/aromatic N) is 4. The fourth-order valence-corrected chi connectivity index (χ4v) is 7.37. The van der Waals surface area contributed by atoms with Crippen molar-refractivity contribution in [3.63, 3.8) is 0 Å². The van der Waals surface area contributed by atoms with E-state index in [0.717, 1.165) is 55.3 Å². The van der Waals surface area contributed by atoms with E-state index in [-0.39, 0.29) is 0 Å². The number of nitriles is 2. The van der Waals surface area contributed by atoms with Crippen LogP contribution in [-0.4, -0.2) is 9.13 Å². The van der Waals surface area contributed by atoms with E-state index in [0.29, 0.717) is 22.3 Å². The molecule has 2 heterocycles. The van der Waals surface area contributed by atoms with E-state index in [1.54, 1.807) is 0 Å². The van der Waals surface area contributed by atoms with Crippen LogP contribution in [0, 0.1) is 22.7 Å². The number of benzene rings is 7. The quantitative estimate of drug-likeness (QED) is 0.166. The highest BCUT2D eigenvalue weighted by molar-refractivity contribution is 6.11. The molecule has 0 aliphatic carbocycles. The first-order valence-corrected chi connectivity index (χ1v) is 17.2. The minimum absolute atomic E-state index is 0.512. The van der Waals surface area contributed by atoms with Gasteiger partial charge in [-0.15, -0.1) is 0 Å². The molecule has 0 aliphatic heterocycles. The second-order valence-corrected chi connectivity index (χ2v) is 12.8. The first kappa shape index (κ1) is 30.6. The molecule has 0 bridgehead atoms. The van der Waals surface area contributed by atoms with Gasteiger partial charge < -0.3 is 9.13 Å². The van der Waals surface area contributed by atoms with Crippen LogP contribution in [0.25, 0.3) is 79.3 Å². The third kappa shape index (κ3) is 5.24. The zero-order valence-electron chi connectivity index (χ0n) is 28.1. The van der Waals surface area contributed by atoms with Crippen LogP contribution in [0.3, 0.4) is 0 Å². The minimum Gasteiger partial charge on any atom is -0.309 e. The SMILES string of the molecule is N#Cc1cc(/C=C/c2ccc3c(c2)c2ccccc2n3-c2ccccc2)c(C#N)cc1/C=C/c1ccc2c(c1)c1ccccc1n2-c1ccccc1. The first-order valence-electron chi connectivity index (χ1n) is 17.2. The van der Waals surface area contributed by atoms with Crippen LogP contribution in [0.15, 0.2) is 158 Å². The van der Waals surface area contributed by atoms with Crippen LogP contribution in [0.4, 0.5) is 0 Å². The Morgan fingerprint density at radius 1 is 0.365 bits per heavy atom. The molecule has 7 aromatic carbocycles. The Morgan fingerprint density at radius 2 is 0.750 bits per heavy atom. The zero-order valence-corrected chi connectivity index (χ0v) is 28.1. The lowest BCUT2D eigenvalue weighted by molar-refractivity contribution is 1.18. The van der Waals surface area contributed by atoms with Crippen LogP contribution >= 0.6 is 0 Å². The highest BCUT2D eigenvalue weighted by Gasteiger charge is 2.14. The van der Waals surface area contributed by atoms with Crippen molar-refractivity contribution < 1.29 is 0 Å². The molecule has 0 amide bonds. The average molecular weight is 663 g/mol. The van der Waals surface area contributed by atoms with Crippen molar-refractivity contribution >= 4 is 67.9 Å². The van der Waals surface area contributed by atoms with Crippen molar-refractivity contribution in [2.75, 3.05) is 0 Å². The van der Waals surface area contributed by atoms with Gasteiger partial charge in [-0.3, -0.25) is 0 Å². The summed E-state index contributed by atoms with van der Waals surface area (Å²) in [6, 6.07) is 58.9. The van der Waals surface area contributed by atoms with E-state index < -0.39 is 0 Å². The molecule has 242 valence electrons. The molecule has 9 rings (SSSR count). The lowest BCUT2D eigenvalue weighted by atomic mass is 9.97. The molecule has 0 saturated carbocycles. The zero-order chi connectivity index (χ0) is 35.0. The summed E-state index contributed by atoms with van der Waals surface area (Å²) in [5, 5.41) is 25.0. The van der Waals surface area contributed by atoms with Gasteiger partial charge in [0.2, 0.25) is 0 Å². The van der Waals surface area contributed by atoms with Crippen LogP contribution < -0.4 is 0 Å². The number of hydrogen-bond acceptors (Lipinski definition) is 2. The second-order valence-electron chi connectivity index (χ2n) is 12.8. The fraction of sp³-hybridized carbons (Fsp3) is 0. The molecule has 4 heteroatoms. The Kier molecular flexibility index (Phi) is 7.55. The van der Waals surface area contributed by atoms with Gasteiger partial charge >= 0.3 is 0 Å². The lowest BCUT2D eigenvalue weighted by Gasteiger charge is -2.07. The van der Waals surface area contributed by atoms with Crippen molar-refractivity contribution in [2.45, 2.75) is 0 Å².